The molecule has 0 aromatic heterocycles. The molecule has 0 aliphatic heterocycles. The van der Waals surface area contributed by atoms with Gasteiger partial charge in [-0.05, 0) is 25.5 Å². The number of nitrogens with zero attached hydrogens (tertiary/aromatic N) is 1. The first kappa shape index (κ1) is 12.6. The van der Waals surface area contributed by atoms with Crippen LogP contribution in [-0.2, 0) is 0 Å². The molecule has 0 saturated heterocycles. The van der Waals surface area contributed by atoms with Crippen LogP contribution < -0.4 is 0 Å². The molecule has 0 atom stereocenters. The zero-order valence-electron chi connectivity index (χ0n) is 9.54. The maximum absolute atomic E-state index is 4.28. The second kappa shape index (κ2) is 7.07. The summed E-state index contributed by atoms with van der Waals surface area (Å²) in [5, 5.41) is 0. The van der Waals surface area contributed by atoms with Crippen molar-refractivity contribution in [2.24, 2.45) is 4.99 Å². The largest absolute Gasteiger partial charge is 0.256 e. The quantitative estimate of drug-likeness (QED) is 0.590. The summed E-state index contributed by atoms with van der Waals surface area (Å²) in [5.41, 5.74) is 3.10. The molecular formula is C13H19N. The summed E-state index contributed by atoms with van der Waals surface area (Å²) in [4.78, 5) is 4.28. The molecule has 0 aromatic rings. The van der Waals surface area contributed by atoms with E-state index >= 15 is 0 Å². The molecule has 0 unspecified atom stereocenters. The minimum atomic E-state index is 0.943. The van der Waals surface area contributed by atoms with Crippen LogP contribution >= 0.6 is 0 Å². The van der Waals surface area contributed by atoms with Crippen LogP contribution in [0.4, 0.5) is 0 Å². The van der Waals surface area contributed by atoms with Crippen LogP contribution in [0, 0.1) is 0 Å². The van der Waals surface area contributed by atoms with E-state index in [1.807, 2.05) is 58.2 Å². The zero-order chi connectivity index (χ0) is 11.0. The Labute approximate surface area is 87.3 Å². The number of allylic oxidation sites excluding steroid dienone is 6. The van der Waals surface area contributed by atoms with Crippen LogP contribution in [0.2, 0.25) is 0 Å². The van der Waals surface area contributed by atoms with Crippen LogP contribution in [0.5, 0.6) is 0 Å². The molecule has 0 amide bonds. The molecule has 1 aliphatic rings. The number of hydrogen-bond donors (Lipinski definition) is 0. The summed E-state index contributed by atoms with van der Waals surface area (Å²) in [7, 11) is 0. The summed E-state index contributed by atoms with van der Waals surface area (Å²) in [6.45, 7) is 11.9. The molecule has 1 rings (SSSR count). The van der Waals surface area contributed by atoms with Gasteiger partial charge >= 0.3 is 0 Å². The summed E-state index contributed by atoms with van der Waals surface area (Å²) in [6, 6.07) is 0. The molecular weight excluding hydrogens is 170 g/mol. The standard InChI is InChI=1S/C11H13N.C2H6/c1-9(2)8-12-11-7-5-4-6-10(11)3;1-2/h4-8H,3H2,1-2H3;1-2H3. The van der Waals surface area contributed by atoms with Crippen LogP contribution in [0.25, 0.3) is 0 Å². The van der Waals surface area contributed by atoms with Gasteiger partial charge in [-0.3, -0.25) is 4.99 Å². The Morgan fingerprint density at radius 1 is 1.21 bits per heavy atom. The molecule has 0 N–H and O–H groups in total. The molecule has 0 saturated carbocycles. The van der Waals surface area contributed by atoms with Crippen LogP contribution in [0.3, 0.4) is 0 Å². The maximum atomic E-state index is 4.28. The van der Waals surface area contributed by atoms with E-state index in [4.69, 9.17) is 0 Å². The minimum Gasteiger partial charge on any atom is -0.256 e. The molecule has 1 aliphatic carbocycles. The van der Waals surface area contributed by atoms with Gasteiger partial charge in [-0.2, -0.15) is 0 Å². The summed E-state index contributed by atoms with van der Waals surface area (Å²) >= 11 is 0. The summed E-state index contributed by atoms with van der Waals surface area (Å²) < 4.78 is 0. The van der Waals surface area contributed by atoms with E-state index in [2.05, 4.69) is 11.6 Å². The fraction of sp³-hybridized carbons (Fsp3) is 0.308. The zero-order valence-corrected chi connectivity index (χ0v) is 9.54. The topological polar surface area (TPSA) is 12.4 Å². The van der Waals surface area contributed by atoms with Crippen molar-refractivity contribution in [2.45, 2.75) is 27.7 Å². The molecule has 14 heavy (non-hydrogen) atoms. The van der Waals surface area contributed by atoms with E-state index in [1.54, 1.807) is 0 Å². The van der Waals surface area contributed by atoms with E-state index in [1.165, 1.54) is 5.57 Å². The van der Waals surface area contributed by atoms with E-state index in [0.29, 0.717) is 0 Å². The van der Waals surface area contributed by atoms with Crippen molar-refractivity contribution >= 4 is 5.71 Å². The Kier molecular flexibility index (Phi) is 6.38. The molecule has 0 bridgehead atoms. The molecule has 0 radical (unpaired) electrons. The molecule has 1 nitrogen and oxygen atoms in total. The Balaban J connectivity index is 0.000000791. The minimum absolute atomic E-state index is 0.943. The second-order valence-corrected chi connectivity index (χ2v) is 2.96. The SMILES string of the molecule is C=C1C=CC=CC1=NC=C(C)C.CC. The lowest BCUT2D eigenvalue weighted by Crippen LogP contribution is -1.97. The average Bonchev–Trinajstić information content (AvgIpc) is 2.19. The van der Waals surface area contributed by atoms with Crippen molar-refractivity contribution < 1.29 is 0 Å². The van der Waals surface area contributed by atoms with Gasteiger partial charge in [-0.15, -0.1) is 0 Å². The smallest absolute Gasteiger partial charge is 0.0695 e. The number of aliphatic imine (C=N–C) groups is 1. The molecule has 1 heteroatoms. The van der Waals surface area contributed by atoms with Gasteiger partial charge in [0.1, 0.15) is 0 Å². The Morgan fingerprint density at radius 3 is 2.29 bits per heavy atom. The van der Waals surface area contributed by atoms with Gasteiger partial charge in [0.2, 0.25) is 0 Å². The fourth-order valence-corrected chi connectivity index (χ4v) is 0.835. The van der Waals surface area contributed by atoms with E-state index in [0.717, 1.165) is 11.3 Å². The van der Waals surface area contributed by atoms with Gasteiger partial charge in [0, 0.05) is 6.20 Å². The van der Waals surface area contributed by atoms with Gasteiger partial charge in [0.15, 0.2) is 0 Å². The predicted octanol–water partition coefficient (Wildman–Crippen LogP) is 4.06. The fourth-order valence-electron chi connectivity index (χ4n) is 0.835. The first-order chi connectivity index (χ1) is 6.70. The van der Waals surface area contributed by atoms with Crippen molar-refractivity contribution in [3.8, 4) is 0 Å². The van der Waals surface area contributed by atoms with E-state index in [-0.39, 0.29) is 0 Å². The molecule has 0 heterocycles. The first-order valence-corrected chi connectivity index (χ1v) is 4.95. The molecule has 0 spiro atoms. The van der Waals surface area contributed by atoms with Crippen molar-refractivity contribution in [2.75, 3.05) is 0 Å². The third kappa shape index (κ3) is 4.61. The lowest BCUT2D eigenvalue weighted by Gasteiger charge is -2.02. The Morgan fingerprint density at radius 2 is 1.79 bits per heavy atom. The van der Waals surface area contributed by atoms with Crippen LogP contribution in [0.1, 0.15) is 27.7 Å². The van der Waals surface area contributed by atoms with Gasteiger partial charge in [-0.1, -0.05) is 44.2 Å². The van der Waals surface area contributed by atoms with Crippen molar-refractivity contribution in [1.29, 1.82) is 0 Å². The highest BCUT2D eigenvalue weighted by molar-refractivity contribution is 6.11. The number of rotatable bonds is 1. The van der Waals surface area contributed by atoms with Gasteiger partial charge < -0.3 is 0 Å². The molecule has 76 valence electrons. The lowest BCUT2D eigenvalue weighted by atomic mass is 10.1. The Bertz CT molecular complexity index is 297. The van der Waals surface area contributed by atoms with Crippen molar-refractivity contribution in [3.63, 3.8) is 0 Å². The van der Waals surface area contributed by atoms with E-state index < -0.39 is 0 Å². The third-order valence-electron chi connectivity index (χ3n) is 1.45. The normalized spacial score (nSPS) is 16.3. The monoisotopic (exact) mass is 189 g/mol. The second-order valence-electron chi connectivity index (χ2n) is 2.96. The molecule has 0 aromatic carbocycles. The Hall–Kier alpha value is -1.37. The van der Waals surface area contributed by atoms with Crippen LogP contribution in [0.15, 0.2) is 53.2 Å². The van der Waals surface area contributed by atoms with Gasteiger partial charge in [-0.25, -0.2) is 0 Å². The van der Waals surface area contributed by atoms with Crippen molar-refractivity contribution in [1.82, 2.24) is 0 Å². The highest BCUT2D eigenvalue weighted by Crippen LogP contribution is 2.06. The van der Waals surface area contributed by atoms with Crippen molar-refractivity contribution in [3.05, 3.63) is 48.2 Å². The number of hydrogen-bond acceptors (Lipinski definition) is 1. The highest BCUT2D eigenvalue weighted by Gasteiger charge is 1.98. The predicted molar refractivity (Wildman–Crippen MR) is 65.6 cm³/mol. The lowest BCUT2D eigenvalue weighted by molar-refractivity contribution is 1.33. The van der Waals surface area contributed by atoms with Gasteiger partial charge in [0.25, 0.3) is 0 Å². The van der Waals surface area contributed by atoms with E-state index in [9.17, 15) is 0 Å². The first-order valence-electron chi connectivity index (χ1n) is 4.95. The summed E-state index contributed by atoms with van der Waals surface area (Å²) in [6.07, 6.45) is 9.69. The molecule has 0 fully saturated rings. The van der Waals surface area contributed by atoms with Gasteiger partial charge in [0.05, 0.1) is 5.71 Å². The maximum Gasteiger partial charge on any atom is 0.0695 e. The third-order valence-corrected chi connectivity index (χ3v) is 1.45. The van der Waals surface area contributed by atoms with Crippen LogP contribution in [-0.4, -0.2) is 5.71 Å². The highest BCUT2D eigenvalue weighted by atomic mass is 14.7. The summed E-state index contributed by atoms with van der Waals surface area (Å²) in [5.74, 6) is 0. The average molecular weight is 189 g/mol.